The molecule has 0 rings (SSSR count). The van der Waals surface area contributed by atoms with Gasteiger partial charge in [0, 0.05) is 6.54 Å². The van der Waals surface area contributed by atoms with Crippen molar-refractivity contribution in [2.45, 2.75) is 0 Å². The van der Waals surface area contributed by atoms with Crippen molar-refractivity contribution in [3.63, 3.8) is 0 Å². The molecule has 0 aliphatic heterocycles. The van der Waals surface area contributed by atoms with Crippen LogP contribution in [0.4, 0.5) is 0 Å². The van der Waals surface area contributed by atoms with Crippen molar-refractivity contribution in [1.29, 1.82) is 0 Å². The molecule has 0 aromatic carbocycles. The Morgan fingerprint density at radius 1 is 1.18 bits per heavy atom. The lowest BCUT2D eigenvalue weighted by molar-refractivity contribution is 0.319. The van der Waals surface area contributed by atoms with Crippen molar-refractivity contribution in [3.05, 3.63) is 0 Å². The summed E-state index contributed by atoms with van der Waals surface area (Å²) < 4.78 is 21.2. The van der Waals surface area contributed by atoms with Crippen LogP contribution in [-0.2, 0) is 9.84 Å². The molecule has 0 atom stereocenters. The smallest absolute Gasteiger partial charge is 0.153 e. The Morgan fingerprint density at radius 2 is 1.64 bits per heavy atom. The first kappa shape index (κ1) is 17.5. The molecule has 4 nitrogen and oxygen atoms in total. The van der Waals surface area contributed by atoms with E-state index in [-0.39, 0.29) is 49.5 Å². The first-order valence-corrected chi connectivity index (χ1v) is 4.46. The molecule has 0 aromatic heterocycles. The zero-order valence-corrected chi connectivity index (χ0v) is 8.34. The van der Waals surface area contributed by atoms with Crippen molar-refractivity contribution >= 4 is 34.7 Å². The summed E-state index contributed by atoms with van der Waals surface area (Å²) in [6, 6.07) is 0. The number of rotatable bonds is 4. The maximum atomic E-state index is 10.6. The van der Waals surface area contributed by atoms with Crippen molar-refractivity contribution in [3.8, 4) is 0 Å². The number of sulfone groups is 1. The van der Waals surface area contributed by atoms with Crippen LogP contribution in [0.25, 0.3) is 0 Å². The minimum absolute atomic E-state index is 0. The van der Waals surface area contributed by atoms with Gasteiger partial charge in [0.25, 0.3) is 0 Å². The SMILES string of the molecule is Cl.Cl.NCCS(=O)(=O)CCO. The minimum atomic E-state index is -3.06. The molecule has 0 radical (unpaired) electrons. The summed E-state index contributed by atoms with van der Waals surface area (Å²) in [6.07, 6.45) is 0. The maximum Gasteiger partial charge on any atom is 0.153 e. The van der Waals surface area contributed by atoms with E-state index >= 15 is 0 Å². The number of aliphatic hydroxyl groups is 1. The molecule has 0 saturated heterocycles. The zero-order valence-electron chi connectivity index (χ0n) is 5.89. The average Bonchev–Trinajstić information content (AvgIpc) is 1.64. The summed E-state index contributed by atoms with van der Waals surface area (Å²) in [7, 11) is -3.06. The fraction of sp³-hybridized carbons (Fsp3) is 1.00. The van der Waals surface area contributed by atoms with Gasteiger partial charge < -0.3 is 10.8 Å². The molecule has 7 heteroatoms. The van der Waals surface area contributed by atoms with Crippen LogP contribution < -0.4 is 5.73 Å². The van der Waals surface area contributed by atoms with Crippen LogP contribution in [-0.4, -0.2) is 38.2 Å². The third-order valence-corrected chi connectivity index (χ3v) is 2.49. The van der Waals surface area contributed by atoms with Gasteiger partial charge in [0.2, 0.25) is 0 Å². The van der Waals surface area contributed by atoms with Gasteiger partial charge in [-0.1, -0.05) is 0 Å². The summed E-state index contributed by atoms with van der Waals surface area (Å²) in [5.41, 5.74) is 4.98. The Hall–Kier alpha value is 0.450. The van der Waals surface area contributed by atoms with E-state index < -0.39 is 9.84 Å². The van der Waals surface area contributed by atoms with Crippen LogP contribution in [0.2, 0.25) is 0 Å². The highest BCUT2D eigenvalue weighted by Crippen LogP contribution is 1.85. The van der Waals surface area contributed by atoms with Crippen molar-refractivity contribution in [2.24, 2.45) is 5.73 Å². The molecule has 0 unspecified atom stereocenters. The van der Waals surface area contributed by atoms with Crippen molar-refractivity contribution in [2.75, 3.05) is 24.7 Å². The Labute approximate surface area is 78.9 Å². The summed E-state index contributed by atoms with van der Waals surface area (Å²) in [6.45, 7) is -0.190. The summed E-state index contributed by atoms with van der Waals surface area (Å²) in [5, 5.41) is 8.21. The summed E-state index contributed by atoms with van der Waals surface area (Å²) >= 11 is 0. The zero-order chi connectivity index (χ0) is 7.33. The van der Waals surface area contributed by atoms with E-state index in [9.17, 15) is 8.42 Å². The van der Waals surface area contributed by atoms with Gasteiger partial charge in [0.15, 0.2) is 9.84 Å². The second-order valence-electron chi connectivity index (χ2n) is 1.66. The number of halogens is 2. The third kappa shape index (κ3) is 10.4. The minimum Gasteiger partial charge on any atom is -0.395 e. The topological polar surface area (TPSA) is 80.4 Å². The van der Waals surface area contributed by atoms with Gasteiger partial charge in [0.05, 0.1) is 18.1 Å². The first-order chi connectivity index (χ1) is 4.12. The van der Waals surface area contributed by atoms with Crippen LogP contribution in [0.15, 0.2) is 0 Å². The number of nitrogens with two attached hydrogens (primary N) is 1. The van der Waals surface area contributed by atoms with E-state index in [1.54, 1.807) is 0 Å². The monoisotopic (exact) mass is 225 g/mol. The molecule has 0 spiro atoms. The van der Waals surface area contributed by atoms with Crippen LogP contribution in [0.1, 0.15) is 0 Å². The third-order valence-electron chi connectivity index (χ3n) is 0.831. The number of hydrogen-bond donors (Lipinski definition) is 2. The molecule has 0 saturated carbocycles. The Bertz CT molecular complexity index is 147. The van der Waals surface area contributed by atoms with E-state index in [0.717, 1.165) is 0 Å². The average molecular weight is 226 g/mol. The second kappa shape index (κ2) is 8.55. The van der Waals surface area contributed by atoms with E-state index in [2.05, 4.69) is 0 Å². The standard InChI is InChI=1S/C4H11NO3S.2ClH/c5-1-3-9(7,8)4-2-6;;/h6H,1-5H2;2*1H. The lowest BCUT2D eigenvalue weighted by Gasteiger charge is -1.96. The van der Waals surface area contributed by atoms with E-state index in [0.29, 0.717) is 0 Å². The largest absolute Gasteiger partial charge is 0.395 e. The van der Waals surface area contributed by atoms with Gasteiger partial charge in [-0.15, -0.1) is 24.8 Å². The molecule has 3 N–H and O–H groups in total. The van der Waals surface area contributed by atoms with Crippen LogP contribution in [0, 0.1) is 0 Å². The van der Waals surface area contributed by atoms with Gasteiger partial charge in [-0.25, -0.2) is 8.42 Å². The Kier molecular flexibility index (Phi) is 13.6. The number of aliphatic hydroxyl groups excluding tert-OH is 1. The molecule has 0 fully saturated rings. The first-order valence-electron chi connectivity index (χ1n) is 2.64. The molecule has 0 bridgehead atoms. The lowest BCUT2D eigenvalue weighted by Crippen LogP contribution is -2.19. The Morgan fingerprint density at radius 3 is 1.91 bits per heavy atom. The van der Waals surface area contributed by atoms with Crippen molar-refractivity contribution < 1.29 is 13.5 Å². The molecule has 0 amide bonds. The predicted octanol–water partition coefficient (Wildman–Crippen LogP) is -0.804. The molecule has 0 aliphatic rings. The summed E-state index contributed by atoms with van der Waals surface area (Å²) in [5.74, 6) is -0.211. The molecule has 0 heterocycles. The number of hydrogen-bond acceptors (Lipinski definition) is 4. The second-order valence-corrected chi connectivity index (χ2v) is 3.97. The lowest BCUT2D eigenvalue weighted by atomic mass is 10.8. The summed E-state index contributed by atoms with van der Waals surface area (Å²) in [4.78, 5) is 0. The van der Waals surface area contributed by atoms with E-state index in [1.807, 2.05) is 0 Å². The van der Waals surface area contributed by atoms with Crippen LogP contribution in [0.3, 0.4) is 0 Å². The predicted molar refractivity (Wildman–Crippen MR) is 49.3 cm³/mol. The van der Waals surface area contributed by atoms with Crippen LogP contribution >= 0.6 is 24.8 Å². The van der Waals surface area contributed by atoms with Gasteiger partial charge in [-0.2, -0.15) is 0 Å². The maximum absolute atomic E-state index is 10.6. The van der Waals surface area contributed by atoms with Crippen LogP contribution in [0.5, 0.6) is 0 Å². The van der Waals surface area contributed by atoms with Gasteiger partial charge in [-0.3, -0.25) is 0 Å². The molecule has 72 valence electrons. The highest BCUT2D eigenvalue weighted by molar-refractivity contribution is 7.91. The van der Waals surface area contributed by atoms with Crippen molar-refractivity contribution in [1.82, 2.24) is 0 Å². The molecule has 11 heavy (non-hydrogen) atoms. The van der Waals surface area contributed by atoms with E-state index in [1.165, 1.54) is 0 Å². The molecule has 0 aliphatic carbocycles. The van der Waals surface area contributed by atoms with Gasteiger partial charge in [-0.05, 0) is 0 Å². The highest BCUT2D eigenvalue weighted by atomic mass is 35.5. The van der Waals surface area contributed by atoms with Gasteiger partial charge in [0.1, 0.15) is 0 Å². The van der Waals surface area contributed by atoms with Gasteiger partial charge >= 0.3 is 0 Å². The van der Waals surface area contributed by atoms with E-state index in [4.69, 9.17) is 10.8 Å². The molecular weight excluding hydrogens is 213 g/mol. The quantitative estimate of drug-likeness (QED) is 0.657. The molecule has 0 aromatic rings. The fourth-order valence-corrected chi connectivity index (χ4v) is 1.26. The molecular formula is C4H13Cl2NO3S. The fourth-order valence-electron chi connectivity index (χ4n) is 0.421. The normalized spacial score (nSPS) is 9.64. The highest BCUT2D eigenvalue weighted by Gasteiger charge is 2.06. The Balaban J connectivity index is -0.000000320.